The second-order valence-corrected chi connectivity index (χ2v) is 8.16. The number of morpholine rings is 1. The van der Waals surface area contributed by atoms with Gasteiger partial charge in [0.2, 0.25) is 0 Å². The highest BCUT2D eigenvalue weighted by Gasteiger charge is 2.46. The fourth-order valence-corrected chi connectivity index (χ4v) is 4.18. The van der Waals surface area contributed by atoms with Crippen molar-refractivity contribution in [3.8, 4) is 0 Å². The van der Waals surface area contributed by atoms with Crippen molar-refractivity contribution in [2.75, 3.05) is 39.4 Å². The van der Waals surface area contributed by atoms with Gasteiger partial charge in [0, 0.05) is 43.9 Å². The van der Waals surface area contributed by atoms with Gasteiger partial charge in [-0.2, -0.15) is 0 Å². The van der Waals surface area contributed by atoms with Gasteiger partial charge in [-0.1, -0.05) is 29.8 Å². The Kier molecular flexibility index (Phi) is 6.52. The van der Waals surface area contributed by atoms with Gasteiger partial charge in [-0.05, 0) is 24.6 Å². The highest BCUT2D eigenvalue weighted by molar-refractivity contribution is 6.46. The van der Waals surface area contributed by atoms with Crippen LogP contribution in [0.1, 0.15) is 22.7 Å². The quantitative estimate of drug-likeness (QED) is 0.236. The van der Waals surface area contributed by atoms with Gasteiger partial charge in [-0.3, -0.25) is 24.6 Å². The van der Waals surface area contributed by atoms with Crippen molar-refractivity contribution in [1.29, 1.82) is 0 Å². The van der Waals surface area contributed by atoms with Crippen LogP contribution in [0.4, 0.5) is 5.69 Å². The summed E-state index contributed by atoms with van der Waals surface area (Å²) in [4.78, 5) is 40.2. The van der Waals surface area contributed by atoms with Crippen LogP contribution in [0.5, 0.6) is 0 Å². The Labute approximate surface area is 191 Å². The number of carbonyl (C=O) groups is 2. The summed E-state index contributed by atoms with van der Waals surface area (Å²) < 4.78 is 5.36. The molecule has 2 aliphatic heterocycles. The molecule has 1 amide bonds. The number of likely N-dealkylation sites (tertiary alicyclic amines) is 1. The molecule has 0 bridgehead atoms. The molecular formula is C24H25N3O6. The number of nitrogens with zero attached hydrogens (tertiary/aromatic N) is 3. The standard InChI is InChI=1S/C24H25N3O6/c1-16-2-4-18(5-3-16)22(28)20-21(17-6-8-19(9-7-17)27(31)32)26(24(30)23(20)29)11-10-25-12-14-33-15-13-25/h2-9,21,28H,10-15H2,1H3/b22-20+. The number of nitro benzene ring substituents is 1. The molecule has 9 heteroatoms. The Morgan fingerprint density at radius 1 is 1.06 bits per heavy atom. The predicted octanol–water partition coefficient (Wildman–Crippen LogP) is 2.66. The summed E-state index contributed by atoms with van der Waals surface area (Å²) in [6.07, 6.45) is 0. The van der Waals surface area contributed by atoms with Crippen molar-refractivity contribution >= 4 is 23.1 Å². The van der Waals surface area contributed by atoms with E-state index < -0.39 is 22.7 Å². The first-order chi connectivity index (χ1) is 15.9. The molecule has 172 valence electrons. The average Bonchev–Trinajstić information content (AvgIpc) is 3.08. The third kappa shape index (κ3) is 4.64. The third-order valence-corrected chi connectivity index (χ3v) is 6.05. The van der Waals surface area contributed by atoms with E-state index in [0.717, 1.165) is 18.7 Å². The van der Waals surface area contributed by atoms with Crippen molar-refractivity contribution in [2.45, 2.75) is 13.0 Å². The largest absolute Gasteiger partial charge is 0.507 e. The molecular weight excluding hydrogens is 426 g/mol. The second kappa shape index (κ2) is 9.51. The van der Waals surface area contributed by atoms with E-state index in [2.05, 4.69) is 4.90 Å². The van der Waals surface area contributed by atoms with E-state index in [1.807, 2.05) is 19.1 Å². The summed E-state index contributed by atoms with van der Waals surface area (Å²) in [6, 6.07) is 11.9. The number of hydrogen-bond donors (Lipinski definition) is 1. The number of ether oxygens (including phenoxy) is 1. The number of aryl methyl sites for hydroxylation is 1. The first kappa shape index (κ1) is 22.6. The number of aliphatic hydroxyl groups excluding tert-OH is 1. The number of aliphatic hydroxyl groups is 1. The molecule has 0 radical (unpaired) electrons. The minimum Gasteiger partial charge on any atom is -0.507 e. The molecule has 2 aromatic carbocycles. The molecule has 0 aromatic heterocycles. The van der Waals surface area contributed by atoms with Crippen molar-refractivity contribution in [1.82, 2.24) is 9.80 Å². The first-order valence-corrected chi connectivity index (χ1v) is 10.8. The van der Waals surface area contributed by atoms with Crippen molar-refractivity contribution in [3.05, 3.63) is 80.9 Å². The van der Waals surface area contributed by atoms with Crippen LogP contribution in [0.15, 0.2) is 54.1 Å². The SMILES string of the molecule is Cc1ccc(/C(O)=C2\C(=O)C(=O)N(CCN3CCOCC3)C2c2ccc([N+](=O)[O-])cc2)cc1. The third-order valence-electron chi connectivity index (χ3n) is 6.05. The molecule has 0 spiro atoms. The van der Waals surface area contributed by atoms with Gasteiger partial charge < -0.3 is 14.7 Å². The molecule has 1 atom stereocenters. The molecule has 0 saturated carbocycles. The van der Waals surface area contributed by atoms with E-state index >= 15 is 0 Å². The molecule has 0 aliphatic carbocycles. The number of nitro groups is 1. The number of Topliss-reactive ketones (excluding diaryl/α,β-unsaturated/α-hetero) is 1. The molecule has 2 aromatic rings. The number of benzene rings is 2. The number of carbonyl (C=O) groups excluding carboxylic acids is 2. The summed E-state index contributed by atoms with van der Waals surface area (Å²) >= 11 is 0. The number of rotatable bonds is 6. The van der Waals surface area contributed by atoms with Crippen molar-refractivity contribution < 1.29 is 24.4 Å². The van der Waals surface area contributed by atoms with Crippen LogP contribution >= 0.6 is 0 Å². The lowest BCUT2D eigenvalue weighted by Crippen LogP contribution is -2.42. The number of non-ortho nitro benzene ring substituents is 1. The highest BCUT2D eigenvalue weighted by Crippen LogP contribution is 2.39. The smallest absolute Gasteiger partial charge is 0.295 e. The van der Waals surface area contributed by atoms with Crippen molar-refractivity contribution in [3.63, 3.8) is 0 Å². The van der Waals surface area contributed by atoms with Crippen molar-refractivity contribution in [2.24, 2.45) is 0 Å². The Morgan fingerprint density at radius 2 is 1.70 bits per heavy atom. The number of amides is 1. The second-order valence-electron chi connectivity index (χ2n) is 8.16. The van der Waals surface area contributed by atoms with E-state index in [0.29, 0.717) is 30.9 Å². The van der Waals surface area contributed by atoms with Crippen LogP contribution < -0.4 is 0 Å². The van der Waals surface area contributed by atoms with Gasteiger partial charge in [0.05, 0.1) is 29.8 Å². The lowest BCUT2D eigenvalue weighted by molar-refractivity contribution is -0.384. The fraction of sp³-hybridized carbons (Fsp3) is 0.333. The van der Waals surface area contributed by atoms with Crippen LogP contribution in [0.3, 0.4) is 0 Å². The fourth-order valence-electron chi connectivity index (χ4n) is 4.18. The molecule has 1 N–H and O–H groups in total. The Bertz CT molecular complexity index is 1090. The Morgan fingerprint density at radius 3 is 2.30 bits per heavy atom. The van der Waals surface area contributed by atoms with Gasteiger partial charge in [0.25, 0.3) is 17.4 Å². The van der Waals surface area contributed by atoms with Gasteiger partial charge >= 0.3 is 0 Å². The first-order valence-electron chi connectivity index (χ1n) is 10.8. The van der Waals surface area contributed by atoms with Crippen LogP contribution in [-0.2, 0) is 14.3 Å². The minimum absolute atomic E-state index is 0.0142. The summed E-state index contributed by atoms with van der Waals surface area (Å²) in [5.74, 6) is -1.72. The molecule has 9 nitrogen and oxygen atoms in total. The van der Waals surface area contributed by atoms with Crippen LogP contribution in [0.2, 0.25) is 0 Å². The predicted molar refractivity (Wildman–Crippen MR) is 121 cm³/mol. The van der Waals surface area contributed by atoms with E-state index in [9.17, 15) is 24.8 Å². The van der Waals surface area contributed by atoms with E-state index in [-0.39, 0.29) is 23.6 Å². The molecule has 1 unspecified atom stereocenters. The molecule has 4 rings (SSSR count). The van der Waals surface area contributed by atoms with E-state index in [4.69, 9.17) is 4.74 Å². The maximum absolute atomic E-state index is 13.1. The summed E-state index contributed by atoms with van der Waals surface area (Å²) in [7, 11) is 0. The van der Waals surface area contributed by atoms with Crippen LogP contribution in [0, 0.1) is 17.0 Å². The topological polar surface area (TPSA) is 113 Å². The lowest BCUT2D eigenvalue weighted by Gasteiger charge is -2.31. The minimum atomic E-state index is -0.840. The molecule has 2 saturated heterocycles. The zero-order valence-corrected chi connectivity index (χ0v) is 18.3. The van der Waals surface area contributed by atoms with Crippen LogP contribution in [-0.4, -0.2) is 70.9 Å². The lowest BCUT2D eigenvalue weighted by atomic mass is 9.95. The Balaban J connectivity index is 1.74. The normalized spacial score (nSPS) is 20.9. The monoisotopic (exact) mass is 451 g/mol. The number of hydrogen-bond acceptors (Lipinski definition) is 7. The zero-order valence-electron chi connectivity index (χ0n) is 18.3. The zero-order chi connectivity index (χ0) is 23.5. The summed E-state index contributed by atoms with van der Waals surface area (Å²) in [5, 5.41) is 22.1. The molecule has 33 heavy (non-hydrogen) atoms. The maximum atomic E-state index is 13.1. The molecule has 2 aliphatic rings. The average molecular weight is 451 g/mol. The van der Waals surface area contributed by atoms with E-state index in [1.165, 1.54) is 29.2 Å². The highest BCUT2D eigenvalue weighted by atomic mass is 16.6. The van der Waals surface area contributed by atoms with E-state index in [1.54, 1.807) is 12.1 Å². The summed E-state index contributed by atoms with van der Waals surface area (Å²) in [5.41, 5.74) is 1.83. The maximum Gasteiger partial charge on any atom is 0.295 e. The summed E-state index contributed by atoms with van der Waals surface area (Å²) in [6.45, 7) is 5.41. The van der Waals surface area contributed by atoms with Gasteiger partial charge in [-0.25, -0.2) is 0 Å². The molecule has 2 fully saturated rings. The Hall–Kier alpha value is -3.56. The number of ketones is 1. The van der Waals surface area contributed by atoms with Crippen LogP contribution in [0.25, 0.3) is 5.76 Å². The van der Waals surface area contributed by atoms with Gasteiger partial charge in [-0.15, -0.1) is 0 Å². The van der Waals surface area contributed by atoms with Gasteiger partial charge in [0.15, 0.2) is 0 Å². The van der Waals surface area contributed by atoms with Gasteiger partial charge in [0.1, 0.15) is 5.76 Å². The molecule has 2 heterocycles.